The minimum Gasteiger partial charge on any atom is -0.481 e. The first-order valence-corrected chi connectivity index (χ1v) is 22.7. The first-order chi connectivity index (χ1) is 24.4. The van der Waals surface area contributed by atoms with Crippen LogP contribution in [0.25, 0.3) is 0 Å². The lowest BCUT2D eigenvalue weighted by molar-refractivity contribution is -0.221. The summed E-state index contributed by atoms with van der Waals surface area (Å²) in [5, 5.41) is 14.2. The Morgan fingerprint density at radius 3 is 2.31 bits per heavy atom. The predicted molar refractivity (Wildman–Crippen MR) is 208 cm³/mol. The van der Waals surface area contributed by atoms with E-state index < -0.39 is 27.9 Å². The third-order valence-corrected chi connectivity index (χ3v) is 19.6. The van der Waals surface area contributed by atoms with Gasteiger partial charge in [-0.05, 0) is 153 Å². The van der Waals surface area contributed by atoms with Crippen molar-refractivity contribution in [1.29, 1.82) is 0 Å². The van der Waals surface area contributed by atoms with Gasteiger partial charge in [0.25, 0.3) is 0 Å². The summed E-state index contributed by atoms with van der Waals surface area (Å²) in [6, 6.07) is 0. The van der Waals surface area contributed by atoms with Crippen molar-refractivity contribution in [3.05, 3.63) is 35.5 Å². The number of nitrogens with zero attached hydrogens (tertiary/aromatic N) is 1. The van der Waals surface area contributed by atoms with Crippen molar-refractivity contribution in [2.24, 2.45) is 56.7 Å². The predicted octanol–water partition coefficient (Wildman–Crippen LogP) is 8.79. The van der Waals surface area contributed by atoms with Crippen molar-refractivity contribution in [2.75, 3.05) is 44.4 Å². The minimum absolute atomic E-state index is 0.00190. The Morgan fingerprint density at radius 1 is 0.942 bits per heavy atom. The summed E-state index contributed by atoms with van der Waals surface area (Å²) in [6.45, 7) is 22.4. The zero-order chi connectivity index (χ0) is 37.5. The monoisotopic (exact) mass is 740 g/mol. The fraction of sp³-hybridized carbons (Fsp3) is 0.841. The molecule has 4 saturated carbocycles. The lowest BCUT2D eigenvalue weighted by atomic mass is 9.33. The van der Waals surface area contributed by atoms with E-state index in [9.17, 15) is 22.7 Å². The molecule has 7 rings (SSSR count). The van der Waals surface area contributed by atoms with Gasteiger partial charge in [0.05, 0.1) is 23.6 Å². The van der Waals surface area contributed by atoms with E-state index in [1.807, 2.05) is 0 Å². The summed E-state index contributed by atoms with van der Waals surface area (Å²) in [5.74, 6) is 2.77. The molecule has 0 amide bonds. The van der Waals surface area contributed by atoms with Crippen LogP contribution < -0.4 is 5.32 Å². The highest BCUT2D eigenvalue weighted by Gasteiger charge is 2.70. The van der Waals surface area contributed by atoms with Crippen LogP contribution in [0.3, 0.4) is 0 Å². The van der Waals surface area contributed by atoms with Crippen molar-refractivity contribution < 1.29 is 22.7 Å². The molecule has 8 heteroatoms. The van der Waals surface area contributed by atoms with Crippen LogP contribution in [0.15, 0.2) is 35.5 Å². The van der Waals surface area contributed by atoms with E-state index in [-0.39, 0.29) is 33.6 Å². The third-order valence-electron chi connectivity index (χ3n) is 18.0. The van der Waals surface area contributed by atoms with Crippen LogP contribution in [0.4, 0.5) is 4.39 Å². The zero-order valence-electron chi connectivity index (χ0n) is 33.3. The van der Waals surface area contributed by atoms with Crippen LogP contribution in [0.5, 0.6) is 0 Å². The lowest BCUT2D eigenvalue weighted by Gasteiger charge is -2.72. The Kier molecular flexibility index (Phi) is 9.92. The molecule has 7 aliphatic rings. The first-order valence-electron chi connectivity index (χ1n) is 20.9. The number of sulfone groups is 1. The van der Waals surface area contributed by atoms with E-state index in [0.717, 1.165) is 25.9 Å². The summed E-state index contributed by atoms with van der Waals surface area (Å²) in [4.78, 5) is 14.6. The van der Waals surface area contributed by atoms with Gasteiger partial charge >= 0.3 is 5.97 Å². The molecule has 0 aromatic heterocycles. The number of carboxylic acid groups (broad SMARTS) is 1. The number of allylic oxidation sites excluding steroid dienone is 5. The van der Waals surface area contributed by atoms with E-state index >= 15 is 0 Å². The molecule has 2 N–H and O–H groups in total. The van der Waals surface area contributed by atoms with E-state index in [2.05, 4.69) is 70.5 Å². The van der Waals surface area contributed by atoms with Gasteiger partial charge in [0, 0.05) is 31.7 Å². The summed E-state index contributed by atoms with van der Waals surface area (Å²) < 4.78 is 37.5. The standard InChI is InChI=1S/C44H69FN2O4S/c1-30(2)32-12-19-44(46-24-25-47-26-28-52(50,51)29-27-47)21-20-41(6)34(37(32)44)8-9-36-40(5)15-13-33(39(3,4)35(40)14-16-42(36,41)7)31-10-17-43(18-11-31,22-23-45)38(48)49/h10,13,32,34-37,46H,1,8-9,11-12,14-29H2,2-7H3,(H,48,49)/t32-,34+,35-,36+,37+,40-,41+,42+,43+,44?/m0/s1. The Balaban J connectivity index is 1.13. The highest BCUT2D eigenvalue weighted by molar-refractivity contribution is 7.91. The molecule has 5 fully saturated rings. The number of hydrogen-bond donors (Lipinski definition) is 2. The van der Waals surface area contributed by atoms with Gasteiger partial charge in [-0.3, -0.25) is 9.18 Å². The van der Waals surface area contributed by atoms with Gasteiger partial charge in [0.2, 0.25) is 0 Å². The van der Waals surface area contributed by atoms with E-state index in [1.165, 1.54) is 68.1 Å². The van der Waals surface area contributed by atoms with Gasteiger partial charge in [0.15, 0.2) is 9.84 Å². The Bertz CT molecular complexity index is 1610. The number of hydrogen-bond acceptors (Lipinski definition) is 5. The second-order valence-corrected chi connectivity index (χ2v) is 22.6. The molecule has 1 heterocycles. The molecule has 6 nitrogen and oxygen atoms in total. The molecular formula is C44H69FN2O4S. The van der Waals surface area contributed by atoms with E-state index in [1.54, 1.807) is 0 Å². The highest BCUT2D eigenvalue weighted by atomic mass is 32.2. The van der Waals surface area contributed by atoms with Crippen molar-refractivity contribution in [3.63, 3.8) is 0 Å². The molecule has 6 aliphatic carbocycles. The normalized spacial score (nSPS) is 45.4. The molecule has 10 atom stereocenters. The molecule has 1 unspecified atom stereocenters. The maximum Gasteiger partial charge on any atom is 0.310 e. The Hall–Kier alpha value is -1.51. The molecule has 1 aliphatic heterocycles. The van der Waals surface area contributed by atoms with Crippen LogP contribution in [0, 0.1) is 56.7 Å². The van der Waals surface area contributed by atoms with Gasteiger partial charge in [-0.15, -0.1) is 0 Å². The molecule has 0 aromatic rings. The second kappa shape index (κ2) is 13.3. The minimum atomic E-state index is -2.87. The number of fused-ring (bicyclic) bond motifs is 7. The summed E-state index contributed by atoms with van der Waals surface area (Å²) in [5.41, 5.74) is 4.03. The molecule has 1 saturated heterocycles. The fourth-order valence-corrected chi connectivity index (χ4v) is 16.2. The molecule has 0 spiro atoms. The fourth-order valence-electron chi connectivity index (χ4n) is 14.9. The number of aliphatic carboxylic acids is 1. The smallest absolute Gasteiger partial charge is 0.310 e. The molecule has 292 valence electrons. The number of halogens is 1. The lowest BCUT2D eigenvalue weighted by Crippen LogP contribution is -2.68. The molecule has 0 aromatic carbocycles. The molecular weight excluding hydrogens is 672 g/mol. The summed E-state index contributed by atoms with van der Waals surface area (Å²) >= 11 is 0. The number of carboxylic acids is 1. The first kappa shape index (κ1) is 38.8. The van der Waals surface area contributed by atoms with Crippen molar-refractivity contribution in [3.8, 4) is 0 Å². The highest BCUT2D eigenvalue weighted by Crippen LogP contribution is 2.76. The third kappa shape index (κ3) is 5.87. The van der Waals surface area contributed by atoms with Crippen molar-refractivity contribution in [1.82, 2.24) is 10.2 Å². The van der Waals surface area contributed by atoms with Gasteiger partial charge in [0.1, 0.15) is 0 Å². The van der Waals surface area contributed by atoms with Gasteiger partial charge < -0.3 is 15.3 Å². The van der Waals surface area contributed by atoms with Crippen LogP contribution >= 0.6 is 0 Å². The van der Waals surface area contributed by atoms with Crippen LogP contribution in [-0.4, -0.2) is 74.3 Å². The largest absolute Gasteiger partial charge is 0.481 e. The van der Waals surface area contributed by atoms with Crippen LogP contribution in [-0.2, 0) is 14.6 Å². The number of carbonyl (C=O) groups is 1. The molecule has 0 radical (unpaired) electrons. The van der Waals surface area contributed by atoms with Crippen molar-refractivity contribution >= 4 is 15.8 Å². The average molecular weight is 741 g/mol. The van der Waals surface area contributed by atoms with Gasteiger partial charge in [-0.25, -0.2) is 8.42 Å². The molecule has 0 bridgehead atoms. The maximum absolute atomic E-state index is 13.4. The number of alkyl halides is 1. The van der Waals surface area contributed by atoms with Gasteiger partial charge in [-0.1, -0.05) is 58.9 Å². The van der Waals surface area contributed by atoms with Gasteiger partial charge in [-0.2, -0.15) is 0 Å². The Labute approximate surface area is 314 Å². The summed E-state index contributed by atoms with van der Waals surface area (Å²) in [6.07, 6.45) is 17.6. The maximum atomic E-state index is 13.4. The van der Waals surface area contributed by atoms with Crippen molar-refractivity contribution in [2.45, 2.75) is 131 Å². The Morgan fingerprint density at radius 2 is 1.67 bits per heavy atom. The zero-order valence-corrected chi connectivity index (χ0v) is 34.1. The molecule has 52 heavy (non-hydrogen) atoms. The SMILES string of the molecule is C=C(C)[C@@H]1CCC2(NCCN3CCS(=O)(=O)CC3)CC[C@]3(C)[C@H](CC[C@@H]4[C@@]5(C)CC=C(C6=CC[C@@](CCF)(C(=O)O)CC6)C(C)(C)[C@@H]5CC[C@]43C)[C@@H]12. The van der Waals surface area contributed by atoms with E-state index in [4.69, 9.17) is 0 Å². The van der Waals surface area contributed by atoms with Crippen LogP contribution in [0.1, 0.15) is 125 Å². The number of rotatable bonds is 9. The second-order valence-electron chi connectivity index (χ2n) is 20.3. The van der Waals surface area contributed by atoms with E-state index in [0.29, 0.717) is 67.0 Å². The quantitative estimate of drug-likeness (QED) is 0.230. The van der Waals surface area contributed by atoms with Crippen LogP contribution in [0.2, 0.25) is 0 Å². The number of nitrogens with one attached hydrogen (secondary N) is 1. The average Bonchev–Trinajstić information content (AvgIpc) is 3.46. The summed E-state index contributed by atoms with van der Waals surface area (Å²) in [7, 11) is -2.87. The topological polar surface area (TPSA) is 86.7 Å².